The van der Waals surface area contributed by atoms with Crippen LogP contribution in [0.2, 0.25) is 0 Å². The molecule has 0 saturated carbocycles. The third-order valence-electron chi connectivity index (χ3n) is 5.91. The van der Waals surface area contributed by atoms with Gasteiger partial charge in [0.25, 0.3) is 0 Å². The van der Waals surface area contributed by atoms with Gasteiger partial charge in [0, 0.05) is 49.5 Å². The summed E-state index contributed by atoms with van der Waals surface area (Å²) in [6.45, 7) is 3.54. The molecule has 2 aliphatic rings. The summed E-state index contributed by atoms with van der Waals surface area (Å²) in [6, 6.07) is 6.95. The second kappa shape index (κ2) is 7.46. The van der Waals surface area contributed by atoms with Gasteiger partial charge in [-0.05, 0) is 55.2 Å². The van der Waals surface area contributed by atoms with Crippen molar-refractivity contribution in [2.45, 2.75) is 31.7 Å². The van der Waals surface area contributed by atoms with Gasteiger partial charge in [-0.2, -0.15) is 9.97 Å². The van der Waals surface area contributed by atoms with Crippen molar-refractivity contribution in [2.24, 2.45) is 5.73 Å². The van der Waals surface area contributed by atoms with Gasteiger partial charge in [0.1, 0.15) is 17.4 Å². The van der Waals surface area contributed by atoms with Gasteiger partial charge in [0.2, 0.25) is 0 Å². The number of pyridine rings is 1. The van der Waals surface area contributed by atoms with E-state index in [9.17, 15) is 4.39 Å². The predicted molar refractivity (Wildman–Crippen MR) is 118 cm³/mol. The molecule has 3 N–H and O–H groups in total. The van der Waals surface area contributed by atoms with Crippen LogP contribution in [0.1, 0.15) is 31.0 Å². The van der Waals surface area contributed by atoms with Crippen molar-refractivity contribution in [3.05, 3.63) is 53.7 Å². The van der Waals surface area contributed by atoms with E-state index in [1.54, 1.807) is 31.6 Å². The first-order valence-electron chi connectivity index (χ1n) is 10.5. The number of aromatic nitrogens is 3. The van der Waals surface area contributed by atoms with Crippen LogP contribution in [0.3, 0.4) is 0 Å². The molecule has 0 spiro atoms. The monoisotopic (exact) mass is 420 g/mol. The quantitative estimate of drug-likeness (QED) is 0.520. The normalized spacial score (nSPS) is 19.7. The number of nitrogens with one attached hydrogen (secondary N) is 1. The highest BCUT2D eigenvalue weighted by molar-refractivity contribution is 5.88. The van der Waals surface area contributed by atoms with E-state index >= 15 is 0 Å². The van der Waals surface area contributed by atoms with E-state index in [0.717, 1.165) is 53.3 Å². The molecule has 1 atom stereocenters. The van der Waals surface area contributed by atoms with Crippen molar-refractivity contribution >= 4 is 11.5 Å². The summed E-state index contributed by atoms with van der Waals surface area (Å²) in [5.74, 6) is 1.01. The number of anilines is 2. The molecule has 8 heteroatoms. The Morgan fingerprint density at radius 3 is 2.90 bits per heavy atom. The van der Waals surface area contributed by atoms with Crippen LogP contribution in [-0.4, -0.2) is 40.6 Å². The first kappa shape index (κ1) is 19.7. The molecule has 3 heterocycles. The lowest BCUT2D eigenvalue weighted by atomic mass is 9.92. The van der Waals surface area contributed by atoms with Crippen molar-refractivity contribution in [1.82, 2.24) is 15.0 Å². The molecule has 1 saturated heterocycles. The van der Waals surface area contributed by atoms with Crippen LogP contribution < -0.4 is 20.7 Å². The van der Waals surface area contributed by atoms with Gasteiger partial charge in [0.15, 0.2) is 0 Å². The number of hydrogen-bond acceptors (Lipinski definition) is 7. The minimum Gasteiger partial charge on any atom is -0.423 e. The zero-order valence-electron chi connectivity index (χ0n) is 17.7. The molecule has 7 nitrogen and oxygen atoms in total. The Morgan fingerprint density at radius 1 is 1.29 bits per heavy atom. The van der Waals surface area contributed by atoms with Crippen LogP contribution in [0, 0.1) is 5.82 Å². The number of hydrogen-bond donors (Lipinski definition) is 2. The van der Waals surface area contributed by atoms with Gasteiger partial charge < -0.3 is 20.7 Å². The highest BCUT2D eigenvalue weighted by atomic mass is 19.1. The van der Waals surface area contributed by atoms with Crippen LogP contribution >= 0.6 is 0 Å². The maximum absolute atomic E-state index is 14.4. The number of halogens is 1. The lowest BCUT2D eigenvalue weighted by Crippen LogP contribution is -2.52. The molecule has 1 unspecified atom stereocenters. The van der Waals surface area contributed by atoms with Crippen LogP contribution in [0.15, 0.2) is 36.7 Å². The maximum atomic E-state index is 14.4. The van der Waals surface area contributed by atoms with Gasteiger partial charge in [-0.15, -0.1) is 0 Å². The van der Waals surface area contributed by atoms with Crippen molar-refractivity contribution in [1.29, 1.82) is 0 Å². The van der Waals surface area contributed by atoms with E-state index in [4.69, 9.17) is 20.4 Å². The number of rotatable bonds is 4. The molecule has 2 aromatic heterocycles. The SMILES string of the molecule is CNc1cc(F)cc2c1Cc1nc(Oc3cccnc3)nc(N3CCCC(C)(N)C3)c1-2. The maximum Gasteiger partial charge on any atom is 0.324 e. The average molecular weight is 420 g/mol. The second-order valence-electron chi connectivity index (χ2n) is 8.53. The fourth-order valence-electron chi connectivity index (χ4n) is 4.55. The van der Waals surface area contributed by atoms with Crippen LogP contribution in [0.25, 0.3) is 11.1 Å². The van der Waals surface area contributed by atoms with Crippen LogP contribution in [-0.2, 0) is 6.42 Å². The fraction of sp³-hybridized carbons (Fsp3) is 0.348. The minimum atomic E-state index is -0.319. The number of nitrogens with zero attached hydrogens (tertiary/aromatic N) is 4. The Balaban J connectivity index is 1.65. The topological polar surface area (TPSA) is 89.2 Å². The number of ether oxygens (including phenoxy) is 1. The van der Waals surface area contributed by atoms with Gasteiger partial charge in [-0.25, -0.2) is 4.39 Å². The second-order valence-corrected chi connectivity index (χ2v) is 8.53. The van der Waals surface area contributed by atoms with E-state index in [1.165, 1.54) is 6.07 Å². The first-order chi connectivity index (χ1) is 14.9. The number of fused-ring (bicyclic) bond motifs is 3. The van der Waals surface area contributed by atoms with Crippen molar-refractivity contribution in [3.63, 3.8) is 0 Å². The number of nitrogens with two attached hydrogens (primary N) is 1. The Bertz CT molecular complexity index is 1130. The summed E-state index contributed by atoms with van der Waals surface area (Å²) in [4.78, 5) is 15.7. The summed E-state index contributed by atoms with van der Waals surface area (Å²) in [6.07, 6.45) is 5.79. The highest BCUT2D eigenvalue weighted by Gasteiger charge is 2.34. The molecule has 0 bridgehead atoms. The zero-order chi connectivity index (χ0) is 21.6. The third kappa shape index (κ3) is 3.67. The summed E-state index contributed by atoms with van der Waals surface area (Å²) in [7, 11) is 1.80. The Labute approximate surface area is 180 Å². The molecular formula is C23H25FN6O. The summed E-state index contributed by atoms with van der Waals surface area (Å²) < 4.78 is 20.4. The summed E-state index contributed by atoms with van der Waals surface area (Å²) in [5, 5.41) is 3.11. The van der Waals surface area contributed by atoms with Gasteiger partial charge in [-0.1, -0.05) is 0 Å². The first-order valence-corrected chi connectivity index (χ1v) is 10.5. The Morgan fingerprint density at radius 2 is 2.16 bits per heavy atom. The molecular weight excluding hydrogens is 395 g/mol. The third-order valence-corrected chi connectivity index (χ3v) is 5.91. The van der Waals surface area contributed by atoms with E-state index in [0.29, 0.717) is 18.7 Å². The minimum absolute atomic E-state index is 0.255. The molecule has 5 rings (SSSR count). The molecule has 1 fully saturated rings. The van der Waals surface area contributed by atoms with Crippen molar-refractivity contribution < 1.29 is 9.13 Å². The molecule has 3 aromatic rings. The molecule has 1 aromatic carbocycles. The molecule has 0 radical (unpaired) electrons. The molecule has 1 aliphatic carbocycles. The molecule has 0 amide bonds. The largest absolute Gasteiger partial charge is 0.423 e. The zero-order valence-corrected chi connectivity index (χ0v) is 17.7. The van der Waals surface area contributed by atoms with Crippen LogP contribution in [0.5, 0.6) is 11.8 Å². The van der Waals surface area contributed by atoms with E-state index in [-0.39, 0.29) is 17.4 Å². The van der Waals surface area contributed by atoms with E-state index < -0.39 is 0 Å². The van der Waals surface area contributed by atoms with Gasteiger partial charge in [-0.3, -0.25) is 4.98 Å². The molecule has 160 valence electrons. The summed E-state index contributed by atoms with van der Waals surface area (Å²) >= 11 is 0. The lowest BCUT2D eigenvalue weighted by molar-refractivity contribution is 0.371. The van der Waals surface area contributed by atoms with E-state index in [1.807, 2.05) is 6.07 Å². The smallest absolute Gasteiger partial charge is 0.324 e. The average Bonchev–Trinajstić information content (AvgIpc) is 3.11. The number of piperidine rings is 1. The van der Waals surface area contributed by atoms with Gasteiger partial charge >= 0.3 is 6.01 Å². The van der Waals surface area contributed by atoms with Crippen molar-refractivity contribution in [3.8, 4) is 22.9 Å². The highest BCUT2D eigenvalue weighted by Crippen LogP contribution is 2.46. The standard InChI is InChI=1S/C23H25FN6O/c1-23(25)6-4-8-30(13-23)21-20-17-9-14(24)10-18(26-2)16(17)11-19(20)28-22(29-21)31-15-5-3-7-27-12-15/h3,5,7,9-10,12,26H,4,6,8,11,13,25H2,1-2H3. The predicted octanol–water partition coefficient (Wildman–Crippen LogP) is 3.73. The number of benzene rings is 1. The van der Waals surface area contributed by atoms with Gasteiger partial charge in [0.05, 0.1) is 11.9 Å². The molecule has 31 heavy (non-hydrogen) atoms. The fourth-order valence-corrected chi connectivity index (χ4v) is 4.55. The summed E-state index contributed by atoms with van der Waals surface area (Å²) in [5.41, 5.74) is 10.5. The van der Waals surface area contributed by atoms with E-state index in [2.05, 4.69) is 22.1 Å². The Hall–Kier alpha value is -3.26. The Kier molecular flexibility index (Phi) is 4.74. The molecule has 1 aliphatic heterocycles. The lowest BCUT2D eigenvalue weighted by Gasteiger charge is -2.39. The van der Waals surface area contributed by atoms with Crippen molar-refractivity contribution in [2.75, 3.05) is 30.4 Å². The van der Waals surface area contributed by atoms with Crippen LogP contribution in [0.4, 0.5) is 15.9 Å².